The second-order valence-corrected chi connectivity index (χ2v) is 9.80. The van der Waals surface area contributed by atoms with Crippen LogP contribution in [0.4, 0.5) is 74.6 Å². The van der Waals surface area contributed by atoms with Crippen molar-refractivity contribution < 1.29 is 92.7 Å². The van der Waals surface area contributed by atoms with Gasteiger partial charge in [-0.15, -0.1) is 0 Å². The Morgan fingerprint density at radius 3 is 1.08 bits per heavy atom. The fraction of sp³-hybridized carbons (Fsp3) is 1.00. The molecule has 36 heavy (non-hydrogen) atoms. The lowest BCUT2D eigenvalue weighted by Gasteiger charge is -2.42. The first kappa shape index (κ1) is 34.9. The van der Waals surface area contributed by atoms with Crippen molar-refractivity contribution in [3.63, 3.8) is 0 Å². The summed E-state index contributed by atoms with van der Waals surface area (Å²) in [6.45, 7) is -1.77. The van der Waals surface area contributed by atoms with E-state index in [0.717, 1.165) is 21.3 Å². The molecule has 0 spiro atoms. The molecule has 4 nitrogen and oxygen atoms in total. The highest BCUT2D eigenvalue weighted by Crippen LogP contribution is 2.64. The Kier molecular flexibility index (Phi) is 9.89. The molecule has 0 unspecified atom stereocenters. The Labute approximate surface area is 191 Å². The zero-order valence-electron chi connectivity index (χ0n) is 17.7. The highest BCUT2D eigenvalue weighted by Gasteiger charge is 2.95. The monoisotopic (exact) mass is 598 g/mol. The SMILES string of the molecule is CO[Si](CCCOC(F)(F)C(F)(F)C(F)(F)C(F)(F)C(F)(F)C(F)(F)C(F)(F)C(F)(F)F)(OC)OC. The molecule has 0 radical (unpaired) electrons. The third-order valence-corrected chi connectivity index (χ3v) is 7.37. The van der Waals surface area contributed by atoms with Gasteiger partial charge in [-0.25, -0.2) is 0 Å². The van der Waals surface area contributed by atoms with Crippen molar-refractivity contribution in [1.82, 2.24) is 0 Å². The maximum atomic E-state index is 13.6. The first-order valence-electron chi connectivity index (χ1n) is 8.65. The molecule has 0 saturated heterocycles. The van der Waals surface area contributed by atoms with Gasteiger partial charge in [-0.3, -0.25) is 0 Å². The number of hydrogen-bond acceptors (Lipinski definition) is 4. The summed E-state index contributed by atoms with van der Waals surface area (Å²) >= 11 is 0. The summed E-state index contributed by atoms with van der Waals surface area (Å²) < 4.78 is 240. The molecule has 0 saturated carbocycles. The van der Waals surface area contributed by atoms with Crippen molar-refractivity contribution in [1.29, 1.82) is 0 Å². The minimum absolute atomic E-state index is 0.582. The molecule has 0 rings (SSSR count). The van der Waals surface area contributed by atoms with Crippen molar-refractivity contribution >= 4 is 8.80 Å². The van der Waals surface area contributed by atoms with Crippen molar-refractivity contribution in [2.75, 3.05) is 27.9 Å². The van der Waals surface area contributed by atoms with Crippen LogP contribution in [0, 0.1) is 0 Å². The van der Waals surface area contributed by atoms with Crippen LogP contribution >= 0.6 is 0 Å². The number of halogens is 17. The van der Waals surface area contributed by atoms with Crippen LogP contribution in [0.15, 0.2) is 0 Å². The van der Waals surface area contributed by atoms with Crippen molar-refractivity contribution in [2.45, 2.75) is 60.3 Å². The largest absolute Gasteiger partial charge is 0.500 e. The molecule has 0 heterocycles. The van der Waals surface area contributed by atoms with Gasteiger partial charge in [-0.1, -0.05) is 0 Å². The second kappa shape index (κ2) is 10.2. The molecule has 0 fully saturated rings. The Balaban J connectivity index is 6.16. The zero-order chi connectivity index (χ0) is 29.4. The van der Waals surface area contributed by atoms with E-state index in [1.54, 1.807) is 0 Å². The summed E-state index contributed by atoms with van der Waals surface area (Å²) in [5.74, 6) is -50.3. The number of alkyl halides is 17. The maximum Gasteiger partial charge on any atom is 0.500 e. The quantitative estimate of drug-likeness (QED) is 0.135. The van der Waals surface area contributed by atoms with Gasteiger partial charge in [0.05, 0.1) is 6.61 Å². The van der Waals surface area contributed by atoms with Crippen LogP contribution in [0.25, 0.3) is 0 Å². The lowest BCUT2D eigenvalue weighted by molar-refractivity contribution is -0.477. The summed E-state index contributed by atoms with van der Waals surface area (Å²) in [6.07, 6.45) is -15.6. The highest BCUT2D eigenvalue weighted by atomic mass is 28.4. The topological polar surface area (TPSA) is 36.9 Å². The molecule has 0 aromatic rings. The van der Waals surface area contributed by atoms with Gasteiger partial charge in [0.15, 0.2) is 0 Å². The molecule has 0 atom stereocenters. The van der Waals surface area contributed by atoms with Gasteiger partial charge in [0.25, 0.3) is 0 Å². The van der Waals surface area contributed by atoms with Gasteiger partial charge < -0.3 is 18.0 Å². The number of hydrogen-bond donors (Lipinski definition) is 0. The first-order valence-corrected chi connectivity index (χ1v) is 10.6. The van der Waals surface area contributed by atoms with Crippen LogP contribution < -0.4 is 0 Å². The van der Waals surface area contributed by atoms with E-state index in [4.69, 9.17) is 13.3 Å². The number of rotatable bonds is 14. The summed E-state index contributed by atoms with van der Waals surface area (Å²) in [4.78, 5) is 0. The Hall–Kier alpha value is -1.13. The number of ether oxygens (including phenoxy) is 1. The van der Waals surface area contributed by atoms with Crippen molar-refractivity contribution in [2.24, 2.45) is 0 Å². The molecule has 0 N–H and O–H groups in total. The van der Waals surface area contributed by atoms with Crippen molar-refractivity contribution in [3.8, 4) is 0 Å². The Morgan fingerprint density at radius 2 is 0.778 bits per heavy atom. The maximum absolute atomic E-state index is 13.6. The minimum atomic E-state index is -8.68. The molecule has 0 aromatic heterocycles. The molecule has 0 aromatic carbocycles. The van der Waals surface area contributed by atoms with Gasteiger partial charge in [0.1, 0.15) is 0 Å². The van der Waals surface area contributed by atoms with Gasteiger partial charge >= 0.3 is 56.6 Å². The molecule has 0 aliphatic heterocycles. The standard InChI is InChI=1S/C14H15F17O4Si/c1-32-36(33-2,34-3)6-4-5-35-14(30,31)12(25,26)10(21,22)8(17,18)7(15,16)9(19,20)11(23,24)13(27,28)29/h4-6H2,1-3H3. The lowest BCUT2D eigenvalue weighted by Crippen LogP contribution is -2.74. The van der Waals surface area contributed by atoms with Crippen molar-refractivity contribution in [3.05, 3.63) is 0 Å². The molecular formula is C14H15F17O4Si. The van der Waals surface area contributed by atoms with Crippen LogP contribution in [0.5, 0.6) is 0 Å². The zero-order valence-corrected chi connectivity index (χ0v) is 18.7. The third kappa shape index (κ3) is 5.23. The molecule has 0 aliphatic rings. The first-order chi connectivity index (χ1) is 15.6. The van der Waals surface area contributed by atoms with Gasteiger partial charge in [0, 0.05) is 27.4 Å². The predicted octanol–water partition coefficient (Wildman–Crippen LogP) is 6.24. The molecule has 0 aliphatic carbocycles. The molecule has 22 heteroatoms. The van der Waals surface area contributed by atoms with E-state index in [1.807, 2.05) is 0 Å². The van der Waals surface area contributed by atoms with E-state index in [0.29, 0.717) is 0 Å². The van der Waals surface area contributed by atoms with E-state index in [9.17, 15) is 74.6 Å². The van der Waals surface area contributed by atoms with Gasteiger partial charge in [-0.05, 0) is 6.42 Å². The van der Waals surface area contributed by atoms with E-state index in [-0.39, 0.29) is 0 Å². The average Bonchev–Trinajstić information content (AvgIpc) is 2.72. The Morgan fingerprint density at radius 1 is 0.472 bits per heavy atom. The minimum Gasteiger partial charge on any atom is -0.377 e. The van der Waals surface area contributed by atoms with E-state index < -0.39 is 75.7 Å². The highest BCUT2D eigenvalue weighted by molar-refractivity contribution is 6.60. The fourth-order valence-corrected chi connectivity index (χ4v) is 3.98. The summed E-state index contributed by atoms with van der Waals surface area (Å²) in [5, 5.41) is 0. The van der Waals surface area contributed by atoms with E-state index >= 15 is 0 Å². The summed E-state index contributed by atoms with van der Waals surface area (Å²) in [5.41, 5.74) is 0. The second-order valence-electron chi connectivity index (χ2n) is 6.71. The van der Waals surface area contributed by atoms with E-state index in [2.05, 4.69) is 4.74 Å². The fourth-order valence-electron chi connectivity index (χ4n) is 2.29. The third-order valence-electron chi connectivity index (χ3n) is 4.54. The van der Waals surface area contributed by atoms with Crippen LogP contribution in [0.2, 0.25) is 6.04 Å². The molecule has 218 valence electrons. The average molecular weight is 598 g/mol. The summed E-state index contributed by atoms with van der Waals surface area (Å²) in [7, 11) is -0.745. The lowest BCUT2D eigenvalue weighted by atomic mass is 9.90. The van der Waals surface area contributed by atoms with Crippen LogP contribution in [0.1, 0.15) is 6.42 Å². The molecule has 0 bridgehead atoms. The normalized spacial score (nSPS) is 16.0. The molecular weight excluding hydrogens is 583 g/mol. The van der Waals surface area contributed by atoms with Crippen LogP contribution in [-0.4, -0.2) is 84.6 Å². The molecule has 0 amide bonds. The smallest absolute Gasteiger partial charge is 0.377 e. The van der Waals surface area contributed by atoms with Gasteiger partial charge in [-0.2, -0.15) is 74.6 Å². The summed E-state index contributed by atoms with van der Waals surface area (Å²) in [6, 6.07) is -0.582. The van der Waals surface area contributed by atoms with Gasteiger partial charge in [0.2, 0.25) is 0 Å². The van der Waals surface area contributed by atoms with Crippen LogP contribution in [0.3, 0.4) is 0 Å². The van der Waals surface area contributed by atoms with Crippen LogP contribution in [-0.2, 0) is 18.0 Å². The van der Waals surface area contributed by atoms with E-state index in [1.165, 1.54) is 0 Å². The Bertz CT molecular complexity index is 727. The predicted molar refractivity (Wildman–Crippen MR) is 82.8 cm³/mol.